The van der Waals surface area contributed by atoms with Crippen LogP contribution in [0.4, 0.5) is 5.69 Å². The summed E-state index contributed by atoms with van der Waals surface area (Å²) in [5.74, 6) is 0. The van der Waals surface area contributed by atoms with Gasteiger partial charge in [-0.25, -0.2) is 0 Å². The van der Waals surface area contributed by atoms with Crippen molar-refractivity contribution in [3.63, 3.8) is 0 Å². The number of aryl methyl sites for hydroxylation is 1. The predicted octanol–water partition coefficient (Wildman–Crippen LogP) is 2.36. The lowest BCUT2D eigenvalue weighted by molar-refractivity contribution is 0.0846. The largest absolute Gasteiger partial charge is 0.377 e. The maximum atomic E-state index is 5.68. The number of benzene rings is 1. The minimum atomic E-state index is 0.292. The minimum Gasteiger partial charge on any atom is -0.377 e. The van der Waals surface area contributed by atoms with Crippen molar-refractivity contribution in [2.75, 3.05) is 31.6 Å². The molecule has 0 spiro atoms. The van der Waals surface area contributed by atoms with Gasteiger partial charge in [-0.15, -0.1) is 0 Å². The molecule has 0 heterocycles. The van der Waals surface area contributed by atoms with Gasteiger partial charge < -0.3 is 15.4 Å². The number of ether oxygens (including phenoxy) is 1. The molecule has 3 nitrogen and oxygen atoms in total. The maximum absolute atomic E-state index is 5.68. The van der Waals surface area contributed by atoms with E-state index in [-0.39, 0.29) is 0 Å². The molecule has 2 N–H and O–H groups in total. The van der Waals surface area contributed by atoms with Crippen LogP contribution in [0.25, 0.3) is 0 Å². The van der Waals surface area contributed by atoms with Gasteiger partial charge in [-0.2, -0.15) is 0 Å². The van der Waals surface area contributed by atoms with Crippen LogP contribution in [0.2, 0.25) is 0 Å². The van der Waals surface area contributed by atoms with Crippen molar-refractivity contribution >= 4 is 5.69 Å². The lowest BCUT2D eigenvalue weighted by Crippen LogP contribution is -2.25. The molecule has 0 bridgehead atoms. The van der Waals surface area contributed by atoms with Gasteiger partial charge in [0.2, 0.25) is 0 Å². The van der Waals surface area contributed by atoms with E-state index in [4.69, 9.17) is 10.5 Å². The number of rotatable bonds is 7. The highest BCUT2D eigenvalue weighted by Gasteiger charge is 2.07. The molecule has 0 fully saturated rings. The van der Waals surface area contributed by atoms with Crippen LogP contribution in [0.15, 0.2) is 18.2 Å². The topological polar surface area (TPSA) is 38.5 Å². The molecule has 0 aliphatic rings. The Labute approximate surface area is 111 Å². The minimum absolute atomic E-state index is 0.292. The van der Waals surface area contributed by atoms with E-state index in [1.165, 1.54) is 16.8 Å². The van der Waals surface area contributed by atoms with Crippen LogP contribution in [0, 0.1) is 6.92 Å². The van der Waals surface area contributed by atoms with E-state index < -0.39 is 0 Å². The van der Waals surface area contributed by atoms with Crippen molar-refractivity contribution < 1.29 is 4.74 Å². The predicted molar refractivity (Wildman–Crippen MR) is 78.3 cm³/mol. The van der Waals surface area contributed by atoms with Gasteiger partial charge in [0.1, 0.15) is 0 Å². The molecule has 1 aromatic rings. The summed E-state index contributed by atoms with van der Waals surface area (Å²) < 4.78 is 5.59. The second kappa shape index (κ2) is 7.39. The first kappa shape index (κ1) is 15.0. The first-order valence-corrected chi connectivity index (χ1v) is 6.67. The standard InChI is InChI=1S/C15H26N2O/c1-12(2)18-10-9-17(4)15-6-5-13(3)11-14(15)7-8-16/h5-6,11-12H,7-10,16H2,1-4H3. The average Bonchev–Trinajstić information content (AvgIpc) is 2.29. The lowest BCUT2D eigenvalue weighted by Gasteiger charge is -2.23. The smallest absolute Gasteiger partial charge is 0.0644 e. The Morgan fingerprint density at radius 3 is 2.67 bits per heavy atom. The fourth-order valence-electron chi connectivity index (χ4n) is 1.99. The summed E-state index contributed by atoms with van der Waals surface area (Å²) in [6, 6.07) is 6.55. The Morgan fingerprint density at radius 2 is 2.06 bits per heavy atom. The number of nitrogens with two attached hydrogens (primary N) is 1. The van der Waals surface area contributed by atoms with Gasteiger partial charge in [-0.3, -0.25) is 0 Å². The number of hydrogen-bond acceptors (Lipinski definition) is 3. The van der Waals surface area contributed by atoms with Crippen molar-refractivity contribution in [3.8, 4) is 0 Å². The van der Waals surface area contributed by atoms with Gasteiger partial charge in [-0.05, 0) is 45.4 Å². The zero-order valence-corrected chi connectivity index (χ0v) is 12.1. The zero-order valence-electron chi connectivity index (χ0n) is 12.1. The van der Waals surface area contributed by atoms with Gasteiger partial charge in [0.15, 0.2) is 0 Å². The lowest BCUT2D eigenvalue weighted by atomic mass is 10.1. The van der Waals surface area contributed by atoms with E-state index in [2.05, 4.69) is 50.9 Å². The molecule has 0 atom stereocenters. The normalized spacial score (nSPS) is 11.0. The summed E-state index contributed by atoms with van der Waals surface area (Å²) in [7, 11) is 2.11. The Morgan fingerprint density at radius 1 is 1.33 bits per heavy atom. The summed E-state index contributed by atoms with van der Waals surface area (Å²) in [6.45, 7) is 8.58. The van der Waals surface area contributed by atoms with Crippen LogP contribution in [0.3, 0.4) is 0 Å². The fraction of sp³-hybridized carbons (Fsp3) is 0.600. The fourth-order valence-corrected chi connectivity index (χ4v) is 1.99. The monoisotopic (exact) mass is 250 g/mol. The van der Waals surface area contributed by atoms with Gasteiger partial charge in [0.05, 0.1) is 12.7 Å². The molecule has 0 aromatic heterocycles. The molecule has 0 aliphatic heterocycles. The van der Waals surface area contributed by atoms with Crippen LogP contribution in [-0.2, 0) is 11.2 Å². The summed E-state index contributed by atoms with van der Waals surface area (Å²) in [5.41, 5.74) is 9.55. The molecule has 3 heteroatoms. The highest BCUT2D eigenvalue weighted by atomic mass is 16.5. The quantitative estimate of drug-likeness (QED) is 0.807. The third-order valence-electron chi connectivity index (χ3n) is 2.94. The number of anilines is 1. The summed E-state index contributed by atoms with van der Waals surface area (Å²) in [4.78, 5) is 2.24. The van der Waals surface area contributed by atoms with Gasteiger partial charge in [-0.1, -0.05) is 17.7 Å². The van der Waals surface area contributed by atoms with Crippen molar-refractivity contribution in [1.29, 1.82) is 0 Å². The van der Waals surface area contributed by atoms with E-state index in [1.54, 1.807) is 0 Å². The summed E-state index contributed by atoms with van der Waals surface area (Å²) in [5, 5.41) is 0. The molecule has 0 unspecified atom stereocenters. The number of nitrogens with zero attached hydrogens (tertiary/aromatic N) is 1. The molecule has 0 saturated carbocycles. The Hall–Kier alpha value is -1.06. The van der Waals surface area contributed by atoms with Gasteiger partial charge in [0.25, 0.3) is 0 Å². The summed E-state index contributed by atoms with van der Waals surface area (Å²) in [6.07, 6.45) is 1.21. The molecular formula is C15H26N2O. The molecular weight excluding hydrogens is 224 g/mol. The molecule has 0 aliphatic carbocycles. The van der Waals surface area contributed by atoms with Crippen molar-refractivity contribution in [2.45, 2.75) is 33.3 Å². The van der Waals surface area contributed by atoms with Gasteiger partial charge in [0, 0.05) is 19.3 Å². The highest BCUT2D eigenvalue weighted by Crippen LogP contribution is 2.21. The first-order chi connectivity index (χ1) is 8.54. The van der Waals surface area contributed by atoms with Crippen molar-refractivity contribution in [3.05, 3.63) is 29.3 Å². The Balaban J connectivity index is 2.68. The second-order valence-corrected chi connectivity index (χ2v) is 5.01. The Bertz CT molecular complexity index is 364. The van der Waals surface area contributed by atoms with Crippen LogP contribution >= 0.6 is 0 Å². The SMILES string of the molecule is Cc1ccc(N(C)CCOC(C)C)c(CCN)c1. The van der Waals surface area contributed by atoms with Crippen LogP contribution in [0.1, 0.15) is 25.0 Å². The highest BCUT2D eigenvalue weighted by molar-refractivity contribution is 5.54. The maximum Gasteiger partial charge on any atom is 0.0644 e. The molecule has 0 amide bonds. The van der Waals surface area contributed by atoms with E-state index in [9.17, 15) is 0 Å². The number of hydrogen-bond donors (Lipinski definition) is 1. The van der Waals surface area contributed by atoms with E-state index in [0.717, 1.165) is 19.6 Å². The first-order valence-electron chi connectivity index (χ1n) is 6.67. The van der Waals surface area contributed by atoms with E-state index >= 15 is 0 Å². The van der Waals surface area contributed by atoms with Gasteiger partial charge >= 0.3 is 0 Å². The van der Waals surface area contributed by atoms with Crippen molar-refractivity contribution in [1.82, 2.24) is 0 Å². The van der Waals surface area contributed by atoms with Crippen molar-refractivity contribution in [2.24, 2.45) is 5.73 Å². The molecule has 0 saturated heterocycles. The Kier molecular flexibility index (Phi) is 6.16. The van der Waals surface area contributed by atoms with Crippen LogP contribution in [0.5, 0.6) is 0 Å². The molecule has 1 aromatic carbocycles. The third-order valence-corrected chi connectivity index (χ3v) is 2.94. The zero-order chi connectivity index (χ0) is 13.5. The number of likely N-dealkylation sites (N-methyl/N-ethyl adjacent to an activating group) is 1. The van der Waals surface area contributed by atoms with Crippen LogP contribution < -0.4 is 10.6 Å². The van der Waals surface area contributed by atoms with E-state index in [0.29, 0.717) is 12.6 Å². The van der Waals surface area contributed by atoms with E-state index in [1.807, 2.05) is 0 Å². The molecule has 102 valence electrons. The summed E-state index contributed by atoms with van der Waals surface area (Å²) >= 11 is 0. The molecule has 0 radical (unpaired) electrons. The molecule has 1 rings (SSSR count). The van der Waals surface area contributed by atoms with Crippen LogP contribution in [-0.4, -0.2) is 32.8 Å². The average molecular weight is 250 g/mol. The second-order valence-electron chi connectivity index (χ2n) is 5.01. The third kappa shape index (κ3) is 4.67. The molecule has 18 heavy (non-hydrogen) atoms.